The van der Waals surface area contributed by atoms with Crippen molar-refractivity contribution >= 4 is 5.91 Å². The first-order valence-electron chi connectivity index (χ1n) is 12.6. The number of hydrogen-bond acceptors (Lipinski definition) is 3. The van der Waals surface area contributed by atoms with Gasteiger partial charge in [-0.05, 0) is 44.9 Å². The van der Waals surface area contributed by atoms with Crippen LogP contribution in [0.1, 0.15) is 57.2 Å². The number of carbonyl (C=O) groups is 1. The van der Waals surface area contributed by atoms with Gasteiger partial charge in [0.2, 0.25) is 5.91 Å². The third-order valence-electron chi connectivity index (χ3n) is 8.26. The predicted octanol–water partition coefficient (Wildman–Crippen LogP) is 5.09. The van der Waals surface area contributed by atoms with Crippen molar-refractivity contribution in [2.24, 2.45) is 17.8 Å². The van der Waals surface area contributed by atoms with Gasteiger partial charge in [-0.1, -0.05) is 49.7 Å². The molecule has 0 bridgehead atoms. The predicted molar refractivity (Wildman–Crippen MR) is 134 cm³/mol. The Balaban J connectivity index is 1.61. The Bertz CT molecular complexity index is 1070. The van der Waals surface area contributed by atoms with Crippen LogP contribution >= 0.6 is 0 Å². The number of benzene rings is 2. The van der Waals surface area contributed by atoms with Crippen LogP contribution in [0.3, 0.4) is 0 Å². The molecule has 2 saturated heterocycles. The van der Waals surface area contributed by atoms with Crippen molar-refractivity contribution in [3.05, 3.63) is 70.8 Å². The zero-order valence-corrected chi connectivity index (χ0v) is 21.7. The van der Waals surface area contributed by atoms with E-state index in [1.165, 1.54) is 12.1 Å². The number of nitrogens with zero attached hydrogens (tertiary/aromatic N) is 2. The number of aryl methyl sites for hydroxylation is 1. The smallest absolute Gasteiger partial charge is 0.227 e. The van der Waals surface area contributed by atoms with Crippen molar-refractivity contribution in [1.82, 2.24) is 9.80 Å². The fourth-order valence-corrected chi connectivity index (χ4v) is 6.02. The lowest BCUT2D eigenvalue weighted by Gasteiger charge is -2.48. The van der Waals surface area contributed by atoms with Gasteiger partial charge in [0.1, 0.15) is 11.6 Å². The number of piperidine rings is 1. The summed E-state index contributed by atoms with van der Waals surface area (Å²) in [5, 5.41) is 11.7. The van der Waals surface area contributed by atoms with Crippen LogP contribution in [-0.4, -0.2) is 52.5 Å². The number of amides is 1. The summed E-state index contributed by atoms with van der Waals surface area (Å²) in [7, 11) is 0. The molecule has 0 spiro atoms. The molecule has 2 aromatic rings. The number of likely N-dealkylation sites (tertiary alicyclic amines) is 2. The van der Waals surface area contributed by atoms with Crippen LogP contribution in [0.15, 0.2) is 42.5 Å². The molecule has 6 heteroatoms. The van der Waals surface area contributed by atoms with Crippen molar-refractivity contribution in [3.8, 4) is 0 Å². The molecule has 190 valence electrons. The lowest BCUT2D eigenvalue weighted by Crippen LogP contribution is -2.57. The molecule has 2 fully saturated rings. The molecule has 0 aliphatic carbocycles. The SMILES string of the molecule is Cc1ccc(C2(O)[C@H](C)CN(C(=O)[C@@H]3CN(C(C)(C)C)C[C@H]3c3ccc(F)cc3F)C[C@@H]2C)cc1. The van der Waals surface area contributed by atoms with Gasteiger partial charge >= 0.3 is 0 Å². The maximum atomic E-state index is 14.8. The zero-order chi connectivity index (χ0) is 25.7. The average Bonchev–Trinajstić information content (AvgIpc) is 3.23. The summed E-state index contributed by atoms with van der Waals surface area (Å²) in [6, 6.07) is 11.6. The molecule has 4 rings (SSSR count). The second-order valence-corrected chi connectivity index (χ2v) is 11.7. The first kappa shape index (κ1) is 25.8. The second kappa shape index (κ2) is 9.29. The summed E-state index contributed by atoms with van der Waals surface area (Å²) in [6.07, 6.45) is 0. The molecule has 2 aromatic carbocycles. The quantitative estimate of drug-likeness (QED) is 0.660. The van der Waals surface area contributed by atoms with Crippen LogP contribution in [0.25, 0.3) is 0 Å². The second-order valence-electron chi connectivity index (χ2n) is 11.7. The maximum absolute atomic E-state index is 14.8. The van der Waals surface area contributed by atoms with E-state index in [0.29, 0.717) is 31.7 Å². The van der Waals surface area contributed by atoms with Gasteiger partial charge in [-0.3, -0.25) is 9.69 Å². The fourth-order valence-electron chi connectivity index (χ4n) is 6.02. The van der Waals surface area contributed by atoms with Crippen LogP contribution < -0.4 is 0 Å². The van der Waals surface area contributed by atoms with E-state index in [0.717, 1.165) is 17.2 Å². The molecule has 1 unspecified atom stereocenters. The molecule has 0 aromatic heterocycles. The number of halogens is 2. The monoisotopic (exact) mass is 484 g/mol. The van der Waals surface area contributed by atoms with E-state index in [9.17, 15) is 18.7 Å². The Morgan fingerprint density at radius 1 is 0.971 bits per heavy atom. The Hall–Kier alpha value is -2.31. The first-order valence-corrected chi connectivity index (χ1v) is 12.6. The van der Waals surface area contributed by atoms with Gasteiger partial charge in [-0.25, -0.2) is 8.78 Å². The van der Waals surface area contributed by atoms with Crippen LogP contribution in [0.4, 0.5) is 8.78 Å². The lowest BCUT2D eigenvalue weighted by atomic mass is 9.70. The third-order valence-corrected chi connectivity index (χ3v) is 8.26. The molecule has 35 heavy (non-hydrogen) atoms. The summed E-state index contributed by atoms with van der Waals surface area (Å²) in [4.78, 5) is 18.0. The largest absolute Gasteiger partial charge is 0.384 e. The number of hydrogen-bond donors (Lipinski definition) is 1. The summed E-state index contributed by atoms with van der Waals surface area (Å²) in [5.74, 6) is -2.36. The van der Waals surface area contributed by atoms with E-state index in [-0.39, 0.29) is 29.2 Å². The Labute approximate surface area is 207 Å². The average molecular weight is 485 g/mol. The molecular weight excluding hydrogens is 446 g/mol. The normalized spacial score (nSPS) is 30.0. The van der Waals surface area contributed by atoms with Crippen molar-refractivity contribution in [2.75, 3.05) is 26.2 Å². The maximum Gasteiger partial charge on any atom is 0.227 e. The lowest BCUT2D eigenvalue weighted by molar-refractivity contribution is -0.152. The van der Waals surface area contributed by atoms with E-state index >= 15 is 0 Å². The topological polar surface area (TPSA) is 43.8 Å². The van der Waals surface area contributed by atoms with Gasteiger partial charge in [0, 0.05) is 55.5 Å². The highest BCUT2D eigenvalue weighted by molar-refractivity contribution is 5.81. The highest BCUT2D eigenvalue weighted by Gasteiger charge is 2.50. The van der Waals surface area contributed by atoms with E-state index in [2.05, 4.69) is 25.7 Å². The van der Waals surface area contributed by atoms with Crippen molar-refractivity contribution < 1.29 is 18.7 Å². The van der Waals surface area contributed by atoms with Gasteiger partial charge in [-0.2, -0.15) is 0 Å². The van der Waals surface area contributed by atoms with E-state index in [1.54, 1.807) is 0 Å². The van der Waals surface area contributed by atoms with E-state index in [4.69, 9.17) is 0 Å². The van der Waals surface area contributed by atoms with Crippen LogP contribution in [-0.2, 0) is 10.4 Å². The van der Waals surface area contributed by atoms with Crippen LogP contribution in [0.2, 0.25) is 0 Å². The molecule has 2 aliphatic rings. The molecule has 1 amide bonds. The van der Waals surface area contributed by atoms with E-state index < -0.39 is 23.2 Å². The molecule has 0 radical (unpaired) electrons. The standard InChI is InChI=1S/C29H38F2N2O2/c1-18-7-9-21(10-8-18)29(35)19(2)14-32(15-20(29)3)27(34)25-17-33(28(4,5)6)16-24(25)23-12-11-22(30)13-26(23)31/h7-13,19-20,24-25,35H,14-17H2,1-6H3/t19-,20+,24-,25+,29?/m0/s1. The zero-order valence-electron chi connectivity index (χ0n) is 21.7. The third kappa shape index (κ3) is 4.75. The molecule has 4 nitrogen and oxygen atoms in total. The van der Waals surface area contributed by atoms with Gasteiger partial charge in [-0.15, -0.1) is 0 Å². The molecule has 5 atom stereocenters. The van der Waals surface area contributed by atoms with Gasteiger partial charge in [0.05, 0.1) is 11.5 Å². The van der Waals surface area contributed by atoms with Crippen molar-refractivity contribution in [1.29, 1.82) is 0 Å². The molecular formula is C29H38F2N2O2. The number of carbonyl (C=O) groups excluding carboxylic acids is 1. The van der Waals surface area contributed by atoms with Crippen LogP contribution in [0, 0.1) is 36.3 Å². The summed E-state index contributed by atoms with van der Waals surface area (Å²) in [6.45, 7) is 14.2. The fraction of sp³-hybridized carbons (Fsp3) is 0.552. The van der Waals surface area contributed by atoms with Crippen molar-refractivity contribution in [3.63, 3.8) is 0 Å². The summed E-state index contributed by atoms with van der Waals surface area (Å²) in [5.41, 5.74) is 1.19. The molecule has 2 heterocycles. The minimum atomic E-state index is -1.03. The molecule has 2 aliphatic heterocycles. The van der Waals surface area contributed by atoms with Gasteiger partial charge < -0.3 is 10.0 Å². The molecule has 0 saturated carbocycles. The van der Waals surface area contributed by atoms with E-state index in [1.807, 2.05) is 49.9 Å². The summed E-state index contributed by atoms with van der Waals surface area (Å²) >= 11 is 0. The Morgan fingerprint density at radius 3 is 2.11 bits per heavy atom. The van der Waals surface area contributed by atoms with Crippen LogP contribution in [0.5, 0.6) is 0 Å². The first-order chi connectivity index (χ1) is 16.3. The number of rotatable bonds is 3. The minimum absolute atomic E-state index is 0.0184. The van der Waals surface area contributed by atoms with Gasteiger partial charge in [0.25, 0.3) is 0 Å². The summed E-state index contributed by atoms with van der Waals surface area (Å²) < 4.78 is 28.4. The molecule has 1 N–H and O–H groups in total. The van der Waals surface area contributed by atoms with Crippen molar-refractivity contribution in [2.45, 2.75) is 58.6 Å². The van der Waals surface area contributed by atoms with Gasteiger partial charge in [0.15, 0.2) is 0 Å². The minimum Gasteiger partial charge on any atom is -0.384 e. The Kier molecular flexibility index (Phi) is 6.84. The highest BCUT2D eigenvalue weighted by Crippen LogP contribution is 2.44. The number of aliphatic hydroxyl groups is 1. The highest BCUT2D eigenvalue weighted by atomic mass is 19.1. The Morgan fingerprint density at radius 2 is 1.57 bits per heavy atom.